The number of carbonyl (C=O) groups is 2. The molecule has 10 heteroatoms. The van der Waals surface area contributed by atoms with E-state index in [4.69, 9.17) is 46.3 Å². The van der Waals surface area contributed by atoms with Crippen LogP contribution in [0.2, 0.25) is 15.1 Å². The van der Waals surface area contributed by atoms with Crippen molar-refractivity contribution in [2.75, 3.05) is 5.73 Å². The number of carbonyl (C=O) groups excluding carboxylic acids is 2. The number of anilines is 1. The Morgan fingerprint density at radius 3 is 2.08 bits per heavy atom. The molecule has 1 aromatic heterocycles. The highest BCUT2D eigenvalue weighted by atomic mass is 35.5. The summed E-state index contributed by atoms with van der Waals surface area (Å²) in [6, 6.07) is 9.19. The summed E-state index contributed by atoms with van der Waals surface area (Å²) in [7, 11) is 0. The first-order valence-corrected chi connectivity index (χ1v) is 8.23. The Morgan fingerprint density at radius 2 is 1.58 bits per heavy atom. The van der Waals surface area contributed by atoms with Gasteiger partial charge in [-0.3, -0.25) is 9.59 Å². The fourth-order valence-corrected chi connectivity index (χ4v) is 3.07. The van der Waals surface area contributed by atoms with Gasteiger partial charge >= 0.3 is 0 Å². The molecule has 0 aliphatic carbocycles. The molecule has 4 N–H and O–H groups in total. The smallest absolute Gasteiger partial charge is 0.273 e. The van der Waals surface area contributed by atoms with Crippen molar-refractivity contribution in [3.05, 3.63) is 68.3 Å². The molecule has 3 aromatic rings. The summed E-state index contributed by atoms with van der Waals surface area (Å²) >= 11 is 18.3. The Balaban J connectivity index is 2.05. The van der Waals surface area contributed by atoms with E-state index >= 15 is 0 Å². The lowest BCUT2D eigenvalue weighted by molar-refractivity contribution is 0.0994. The van der Waals surface area contributed by atoms with Gasteiger partial charge < -0.3 is 11.5 Å². The summed E-state index contributed by atoms with van der Waals surface area (Å²) in [5, 5.41) is 8.04. The molecule has 2 aromatic carbocycles. The number of nitrogens with zero attached hydrogens (tertiary/aromatic N) is 3. The predicted octanol–water partition coefficient (Wildman–Crippen LogP) is 3.14. The maximum absolute atomic E-state index is 12.7. The Labute approximate surface area is 162 Å². The fourth-order valence-electron chi connectivity index (χ4n) is 2.30. The van der Waals surface area contributed by atoms with Crippen molar-refractivity contribution >= 4 is 52.3 Å². The lowest BCUT2D eigenvalue weighted by atomic mass is 10.0. The molecule has 1 amide bonds. The minimum Gasteiger partial charge on any atom is -0.382 e. The van der Waals surface area contributed by atoms with Gasteiger partial charge in [-0.05, 0) is 36.4 Å². The molecule has 0 saturated heterocycles. The van der Waals surface area contributed by atoms with Crippen LogP contribution in [0, 0.1) is 0 Å². The molecule has 26 heavy (non-hydrogen) atoms. The normalized spacial score (nSPS) is 10.7. The Bertz CT molecular complexity index is 1010. The summed E-state index contributed by atoms with van der Waals surface area (Å²) in [6.45, 7) is 0. The molecule has 0 unspecified atom stereocenters. The zero-order valence-electron chi connectivity index (χ0n) is 12.9. The third-order valence-corrected chi connectivity index (χ3v) is 4.39. The second-order valence-corrected chi connectivity index (χ2v) is 6.47. The maximum Gasteiger partial charge on any atom is 0.273 e. The number of aromatic nitrogens is 3. The van der Waals surface area contributed by atoms with E-state index in [-0.39, 0.29) is 32.9 Å². The third-order valence-electron chi connectivity index (χ3n) is 3.54. The molecule has 132 valence electrons. The number of rotatable bonds is 4. The standard InChI is InChI=1S/C16H10Cl3N5O2/c17-8-3-1-7(2-4-8)14(25)12-10(18)5-9(6-11(12)19)24-15(20)13(16(21)26)22-23-24/h1-6H,20H2,(H2,21,26). The molecule has 0 aliphatic rings. The topological polar surface area (TPSA) is 117 Å². The number of ketones is 1. The minimum atomic E-state index is -0.819. The summed E-state index contributed by atoms with van der Waals surface area (Å²) in [4.78, 5) is 23.9. The zero-order chi connectivity index (χ0) is 19.0. The summed E-state index contributed by atoms with van der Waals surface area (Å²) in [5.41, 5.74) is 11.6. The fraction of sp³-hybridized carbons (Fsp3) is 0. The largest absolute Gasteiger partial charge is 0.382 e. The number of benzene rings is 2. The number of primary amides is 1. The van der Waals surface area contributed by atoms with Crippen LogP contribution in [0.4, 0.5) is 5.82 Å². The molecule has 0 spiro atoms. The van der Waals surface area contributed by atoms with Crippen molar-refractivity contribution < 1.29 is 9.59 Å². The van der Waals surface area contributed by atoms with Gasteiger partial charge in [0.2, 0.25) is 0 Å². The molecule has 3 rings (SSSR count). The molecule has 0 aliphatic heterocycles. The van der Waals surface area contributed by atoms with Gasteiger partial charge in [0.15, 0.2) is 17.3 Å². The second-order valence-electron chi connectivity index (χ2n) is 5.22. The van der Waals surface area contributed by atoms with Gasteiger partial charge in [0, 0.05) is 10.6 Å². The van der Waals surface area contributed by atoms with E-state index in [1.807, 2.05) is 0 Å². The van der Waals surface area contributed by atoms with Crippen molar-refractivity contribution in [1.82, 2.24) is 15.0 Å². The number of amides is 1. The maximum atomic E-state index is 12.7. The predicted molar refractivity (Wildman–Crippen MR) is 99.2 cm³/mol. The minimum absolute atomic E-state index is 0.0681. The van der Waals surface area contributed by atoms with Gasteiger partial charge in [0.1, 0.15) is 0 Å². The molecular formula is C16H10Cl3N5O2. The van der Waals surface area contributed by atoms with Crippen LogP contribution < -0.4 is 11.5 Å². The van der Waals surface area contributed by atoms with Crippen LogP contribution in [0.15, 0.2) is 36.4 Å². The van der Waals surface area contributed by atoms with E-state index in [1.54, 1.807) is 24.3 Å². The van der Waals surface area contributed by atoms with Crippen molar-refractivity contribution in [2.24, 2.45) is 5.73 Å². The Kier molecular flexibility index (Phi) is 4.86. The molecule has 0 atom stereocenters. The number of halogens is 3. The van der Waals surface area contributed by atoms with Crippen LogP contribution in [0.1, 0.15) is 26.4 Å². The van der Waals surface area contributed by atoms with Gasteiger partial charge in [-0.1, -0.05) is 40.0 Å². The zero-order valence-corrected chi connectivity index (χ0v) is 15.2. The van der Waals surface area contributed by atoms with E-state index in [2.05, 4.69) is 10.3 Å². The van der Waals surface area contributed by atoms with E-state index in [9.17, 15) is 9.59 Å². The van der Waals surface area contributed by atoms with Crippen molar-refractivity contribution in [2.45, 2.75) is 0 Å². The average molecular weight is 411 g/mol. The first kappa shape index (κ1) is 18.2. The van der Waals surface area contributed by atoms with Gasteiger partial charge in [-0.15, -0.1) is 5.10 Å². The summed E-state index contributed by atoms with van der Waals surface area (Å²) in [6.07, 6.45) is 0. The molecule has 0 saturated carbocycles. The van der Waals surface area contributed by atoms with Crippen molar-refractivity contribution in [3.63, 3.8) is 0 Å². The van der Waals surface area contributed by atoms with Gasteiger partial charge in [-0.25, -0.2) is 0 Å². The number of nitrogens with two attached hydrogens (primary N) is 2. The van der Waals surface area contributed by atoms with E-state index in [0.29, 0.717) is 16.3 Å². The van der Waals surface area contributed by atoms with Crippen LogP contribution in [0.5, 0.6) is 0 Å². The molecule has 0 radical (unpaired) electrons. The van der Waals surface area contributed by atoms with Crippen molar-refractivity contribution in [3.8, 4) is 5.69 Å². The van der Waals surface area contributed by atoms with E-state index in [1.165, 1.54) is 12.1 Å². The molecule has 0 bridgehead atoms. The lowest BCUT2D eigenvalue weighted by Crippen LogP contribution is -2.14. The quantitative estimate of drug-likeness (QED) is 0.641. The Hall–Kier alpha value is -2.61. The van der Waals surface area contributed by atoms with Crippen LogP contribution in [0.3, 0.4) is 0 Å². The molecular weight excluding hydrogens is 401 g/mol. The average Bonchev–Trinajstić information content (AvgIpc) is 2.96. The second kappa shape index (κ2) is 6.95. The van der Waals surface area contributed by atoms with Crippen LogP contribution in [0.25, 0.3) is 5.69 Å². The van der Waals surface area contributed by atoms with E-state index < -0.39 is 5.91 Å². The third kappa shape index (κ3) is 3.24. The van der Waals surface area contributed by atoms with E-state index in [0.717, 1.165) is 4.68 Å². The summed E-state index contributed by atoms with van der Waals surface area (Å²) < 4.78 is 1.15. The number of nitrogen functional groups attached to an aromatic ring is 1. The molecule has 0 fully saturated rings. The van der Waals surface area contributed by atoms with Gasteiger partial charge in [-0.2, -0.15) is 4.68 Å². The van der Waals surface area contributed by atoms with Crippen molar-refractivity contribution in [1.29, 1.82) is 0 Å². The lowest BCUT2D eigenvalue weighted by Gasteiger charge is -2.10. The van der Waals surface area contributed by atoms with Gasteiger partial charge in [0.05, 0.1) is 21.3 Å². The van der Waals surface area contributed by atoms with Crippen LogP contribution in [-0.4, -0.2) is 26.7 Å². The van der Waals surface area contributed by atoms with Crippen LogP contribution in [-0.2, 0) is 0 Å². The number of hydrogen-bond acceptors (Lipinski definition) is 5. The number of hydrogen-bond donors (Lipinski definition) is 2. The highest BCUT2D eigenvalue weighted by Crippen LogP contribution is 2.31. The van der Waals surface area contributed by atoms with Gasteiger partial charge in [0.25, 0.3) is 5.91 Å². The molecule has 7 nitrogen and oxygen atoms in total. The first-order chi connectivity index (χ1) is 12.3. The SMILES string of the molecule is NC(=O)c1nnn(-c2cc(Cl)c(C(=O)c3ccc(Cl)cc3)c(Cl)c2)c1N. The highest BCUT2D eigenvalue weighted by molar-refractivity contribution is 6.41. The highest BCUT2D eigenvalue weighted by Gasteiger charge is 2.21. The summed E-state index contributed by atoms with van der Waals surface area (Å²) in [5.74, 6) is -1.26. The molecule has 1 heterocycles. The van der Waals surface area contributed by atoms with Crippen LogP contribution >= 0.6 is 34.8 Å². The monoisotopic (exact) mass is 409 g/mol. The first-order valence-electron chi connectivity index (χ1n) is 7.10. The Morgan fingerprint density at radius 1 is 1.00 bits per heavy atom.